The van der Waals surface area contributed by atoms with Crippen LogP contribution in [-0.4, -0.2) is 9.55 Å². The van der Waals surface area contributed by atoms with Gasteiger partial charge in [-0.1, -0.05) is 103 Å². The minimum atomic E-state index is 0.914. The van der Waals surface area contributed by atoms with Crippen LogP contribution in [0.2, 0.25) is 0 Å². The topological polar surface area (TPSA) is 31.0 Å². The molecular weight excluding hydrogens is 585 g/mol. The van der Waals surface area contributed by atoms with Gasteiger partial charge in [-0.2, -0.15) is 0 Å². The average Bonchev–Trinajstić information content (AvgIpc) is 3.80. The normalized spacial score (nSPS) is 12.2. The summed E-state index contributed by atoms with van der Waals surface area (Å²) >= 11 is 0. The maximum atomic E-state index is 6.11. The second-order valence-corrected chi connectivity index (χ2v) is 12.7. The SMILES string of the molecule is c1cc(-c2cc3cccc4c3c(n2)-c2ccccc2-4)cc(-n2c3ccccc3c3cc(-c4ccc5oc6ccccc6c5c4)ccc32)c1. The molecule has 0 unspecified atom stereocenters. The molecular formula is C45H26N2O. The van der Waals surface area contributed by atoms with Gasteiger partial charge in [-0.05, 0) is 82.2 Å². The molecule has 0 atom stereocenters. The van der Waals surface area contributed by atoms with E-state index >= 15 is 0 Å². The van der Waals surface area contributed by atoms with Crippen molar-refractivity contribution in [3.63, 3.8) is 0 Å². The highest BCUT2D eigenvalue weighted by Crippen LogP contribution is 2.47. The van der Waals surface area contributed by atoms with Crippen molar-refractivity contribution in [3.05, 3.63) is 158 Å². The van der Waals surface area contributed by atoms with Gasteiger partial charge < -0.3 is 8.98 Å². The van der Waals surface area contributed by atoms with E-state index in [9.17, 15) is 0 Å². The first-order valence-electron chi connectivity index (χ1n) is 16.4. The van der Waals surface area contributed by atoms with Crippen molar-refractivity contribution in [2.75, 3.05) is 0 Å². The Bertz CT molecular complexity index is 2960. The highest BCUT2D eigenvalue weighted by atomic mass is 16.3. The van der Waals surface area contributed by atoms with Gasteiger partial charge in [0.05, 0.1) is 22.4 Å². The molecule has 0 N–H and O–H groups in total. The van der Waals surface area contributed by atoms with Gasteiger partial charge in [0.25, 0.3) is 0 Å². The lowest BCUT2D eigenvalue weighted by Gasteiger charge is -2.12. The third-order valence-corrected chi connectivity index (χ3v) is 10.1. The largest absolute Gasteiger partial charge is 0.456 e. The van der Waals surface area contributed by atoms with Crippen LogP contribution in [0.1, 0.15) is 0 Å². The fourth-order valence-electron chi connectivity index (χ4n) is 7.94. The van der Waals surface area contributed by atoms with Crippen LogP contribution in [0.15, 0.2) is 162 Å². The van der Waals surface area contributed by atoms with E-state index in [0.29, 0.717) is 0 Å². The van der Waals surface area contributed by atoms with Gasteiger partial charge in [-0.3, -0.25) is 0 Å². The van der Waals surface area contributed by atoms with Crippen molar-refractivity contribution in [2.45, 2.75) is 0 Å². The third kappa shape index (κ3) is 3.56. The first-order valence-corrected chi connectivity index (χ1v) is 16.4. The Kier molecular flexibility index (Phi) is 5.11. The molecule has 7 aromatic carbocycles. The van der Waals surface area contributed by atoms with Gasteiger partial charge in [0, 0.05) is 43.7 Å². The van der Waals surface area contributed by atoms with Crippen molar-refractivity contribution in [3.8, 4) is 50.5 Å². The summed E-state index contributed by atoms with van der Waals surface area (Å²) in [6.45, 7) is 0. The lowest BCUT2D eigenvalue weighted by atomic mass is 10.0. The summed E-state index contributed by atoms with van der Waals surface area (Å²) in [5, 5.41) is 7.22. The Morgan fingerprint density at radius 2 is 1.15 bits per heavy atom. The molecule has 0 bridgehead atoms. The standard InChI is InChI=1S/C45H26N2O/c1-2-15-36-32(12-1)35-16-8-10-30-26-39(46-45(36)44(30)35)29-9-7-11-31(23-29)47-40-17-5-3-13-33(40)37-24-27(19-21-41(37)47)28-20-22-43-38(25-28)34-14-4-6-18-42(34)48-43/h1-26H. The zero-order valence-electron chi connectivity index (χ0n) is 25.8. The second-order valence-electron chi connectivity index (χ2n) is 12.7. The second kappa shape index (κ2) is 9.54. The third-order valence-electron chi connectivity index (χ3n) is 10.1. The summed E-state index contributed by atoms with van der Waals surface area (Å²) in [4.78, 5) is 5.30. The van der Waals surface area contributed by atoms with Gasteiger partial charge >= 0.3 is 0 Å². The van der Waals surface area contributed by atoms with E-state index in [-0.39, 0.29) is 0 Å². The summed E-state index contributed by atoms with van der Waals surface area (Å²) < 4.78 is 8.50. The zero-order chi connectivity index (χ0) is 31.3. The monoisotopic (exact) mass is 610 g/mol. The molecule has 222 valence electrons. The summed E-state index contributed by atoms with van der Waals surface area (Å²) in [7, 11) is 0. The van der Waals surface area contributed by atoms with Crippen LogP contribution in [0, 0.1) is 0 Å². The molecule has 1 aliphatic rings. The van der Waals surface area contributed by atoms with Crippen LogP contribution in [0.25, 0.3) is 105 Å². The number of para-hydroxylation sites is 2. The Morgan fingerprint density at radius 1 is 0.438 bits per heavy atom. The molecule has 1 aliphatic carbocycles. The maximum Gasteiger partial charge on any atom is 0.135 e. The van der Waals surface area contributed by atoms with Crippen LogP contribution in [0.3, 0.4) is 0 Å². The fourth-order valence-corrected chi connectivity index (χ4v) is 7.94. The number of hydrogen-bond donors (Lipinski definition) is 0. The van der Waals surface area contributed by atoms with Crippen LogP contribution in [0.4, 0.5) is 0 Å². The predicted octanol–water partition coefficient (Wildman–Crippen LogP) is 12.2. The number of nitrogens with zero attached hydrogens (tertiary/aromatic N) is 2. The van der Waals surface area contributed by atoms with E-state index in [2.05, 4.69) is 150 Å². The summed E-state index contributed by atoms with van der Waals surface area (Å²) in [5.74, 6) is 0. The minimum absolute atomic E-state index is 0.914. The number of benzene rings is 7. The molecule has 3 aromatic heterocycles. The molecule has 0 saturated heterocycles. The Labute approximate surface area is 275 Å². The summed E-state index contributed by atoms with van der Waals surface area (Å²) in [6.07, 6.45) is 0. The lowest BCUT2D eigenvalue weighted by molar-refractivity contribution is 0.669. The molecule has 48 heavy (non-hydrogen) atoms. The fraction of sp³-hybridized carbons (Fsp3) is 0. The first kappa shape index (κ1) is 25.7. The molecule has 0 aliphatic heterocycles. The van der Waals surface area contributed by atoms with Gasteiger partial charge in [0.2, 0.25) is 0 Å². The highest BCUT2D eigenvalue weighted by molar-refractivity contribution is 6.15. The predicted molar refractivity (Wildman–Crippen MR) is 199 cm³/mol. The van der Waals surface area contributed by atoms with Crippen molar-refractivity contribution in [2.24, 2.45) is 0 Å². The maximum absolute atomic E-state index is 6.11. The van der Waals surface area contributed by atoms with E-state index < -0.39 is 0 Å². The van der Waals surface area contributed by atoms with Crippen LogP contribution >= 0.6 is 0 Å². The highest BCUT2D eigenvalue weighted by Gasteiger charge is 2.23. The molecule has 0 spiro atoms. The lowest BCUT2D eigenvalue weighted by Crippen LogP contribution is -1.95. The number of hydrogen-bond acceptors (Lipinski definition) is 2. The van der Waals surface area contributed by atoms with Crippen molar-refractivity contribution < 1.29 is 4.42 Å². The van der Waals surface area contributed by atoms with Crippen LogP contribution < -0.4 is 0 Å². The van der Waals surface area contributed by atoms with Gasteiger partial charge in [0.1, 0.15) is 11.2 Å². The number of furan rings is 1. The van der Waals surface area contributed by atoms with Crippen molar-refractivity contribution >= 4 is 54.5 Å². The zero-order valence-corrected chi connectivity index (χ0v) is 25.8. The molecule has 0 amide bonds. The van der Waals surface area contributed by atoms with Crippen LogP contribution in [0.5, 0.6) is 0 Å². The molecule has 0 saturated carbocycles. The Morgan fingerprint density at radius 3 is 2.08 bits per heavy atom. The van der Waals surface area contributed by atoms with Gasteiger partial charge in [-0.15, -0.1) is 0 Å². The van der Waals surface area contributed by atoms with Crippen LogP contribution in [-0.2, 0) is 0 Å². The summed E-state index contributed by atoms with van der Waals surface area (Å²) in [6, 6.07) is 56.6. The van der Waals surface area contributed by atoms with Gasteiger partial charge in [-0.25, -0.2) is 4.98 Å². The average molecular weight is 611 g/mol. The first-order chi connectivity index (χ1) is 23.8. The number of aromatic nitrogens is 2. The molecule has 11 rings (SSSR count). The number of rotatable bonds is 3. The molecule has 3 heterocycles. The number of fused-ring (bicyclic) bond motifs is 9. The van der Waals surface area contributed by atoms with Gasteiger partial charge in [0.15, 0.2) is 0 Å². The van der Waals surface area contributed by atoms with E-state index in [1.165, 1.54) is 60.4 Å². The molecule has 3 nitrogen and oxygen atoms in total. The number of pyridine rings is 1. The molecule has 3 heteroatoms. The minimum Gasteiger partial charge on any atom is -0.456 e. The van der Waals surface area contributed by atoms with Crippen molar-refractivity contribution in [1.82, 2.24) is 9.55 Å². The molecule has 0 fully saturated rings. The molecule has 10 aromatic rings. The Hall–Kier alpha value is -6.45. The quantitative estimate of drug-likeness (QED) is 0.199. The van der Waals surface area contributed by atoms with E-state index in [0.717, 1.165) is 44.6 Å². The van der Waals surface area contributed by atoms with Crippen molar-refractivity contribution in [1.29, 1.82) is 0 Å². The Balaban J connectivity index is 1.07. The van der Waals surface area contributed by atoms with E-state index in [1.54, 1.807) is 0 Å². The smallest absolute Gasteiger partial charge is 0.135 e. The molecule has 0 radical (unpaired) electrons. The van der Waals surface area contributed by atoms with E-state index in [1.807, 2.05) is 12.1 Å². The summed E-state index contributed by atoms with van der Waals surface area (Å²) in [5.41, 5.74) is 14.6. The van der Waals surface area contributed by atoms with E-state index in [4.69, 9.17) is 9.40 Å².